The average Bonchev–Trinajstić information content (AvgIpc) is 3.52. The predicted molar refractivity (Wildman–Crippen MR) is 182 cm³/mol. The molecule has 3 aromatic carbocycles. The van der Waals surface area contributed by atoms with Crippen molar-refractivity contribution in [3.63, 3.8) is 0 Å². The fraction of sp³-hybridized carbons (Fsp3) is 0.225. The van der Waals surface area contributed by atoms with Gasteiger partial charge in [-0.3, -0.25) is 4.98 Å². The first-order valence-corrected chi connectivity index (χ1v) is 13.9. The Morgan fingerprint density at radius 3 is 2.33 bits per heavy atom. The molecular formula is C40H37IrN3O-2. The van der Waals surface area contributed by atoms with E-state index in [1.807, 2.05) is 18.2 Å². The van der Waals surface area contributed by atoms with Gasteiger partial charge >= 0.3 is 0 Å². The zero-order chi connectivity index (χ0) is 42.8. The van der Waals surface area contributed by atoms with Gasteiger partial charge in [0, 0.05) is 79.2 Å². The minimum atomic E-state index is -2.69. The van der Waals surface area contributed by atoms with Gasteiger partial charge in [-0.2, -0.15) is 0 Å². The molecular weight excluding hydrogens is 731 g/mol. The third-order valence-electron chi connectivity index (χ3n) is 6.83. The van der Waals surface area contributed by atoms with Gasteiger partial charge in [0.15, 0.2) is 0 Å². The Hall–Kier alpha value is -4.18. The van der Waals surface area contributed by atoms with E-state index in [0.717, 1.165) is 17.5 Å². The van der Waals surface area contributed by atoms with E-state index in [0.29, 0.717) is 21.9 Å². The predicted octanol–water partition coefficient (Wildman–Crippen LogP) is 10.4. The van der Waals surface area contributed by atoms with Crippen molar-refractivity contribution in [3.05, 3.63) is 125 Å². The first-order valence-electron chi connectivity index (χ1n) is 20.9. The van der Waals surface area contributed by atoms with E-state index in [2.05, 4.69) is 27.1 Å². The van der Waals surface area contributed by atoms with Gasteiger partial charge in [-0.05, 0) is 67.8 Å². The quantitative estimate of drug-likeness (QED) is 0.168. The molecule has 45 heavy (non-hydrogen) atoms. The molecule has 0 bridgehead atoms. The van der Waals surface area contributed by atoms with Gasteiger partial charge in [0.1, 0.15) is 5.58 Å². The Labute approximate surface area is 299 Å². The molecule has 0 aliphatic rings. The minimum Gasteiger partial charge on any atom is -0.500 e. The summed E-state index contributed by atoms with van der Waals surface area (Å²) in [6.07, 6.45) is 0.503. The number of aryl methyl sites for hydroxylation is 4. The zero-order valence-corrected chi connectivity index (χ0v) is 27.1. The second kappa shape index (κ2) is 13.0. The normalized spacial score (nSPS) is 17.4. The SMILES string of the molecule is [2H]C([2H])([2H])c1cc2c(ccc3c4cc[c-]c(-c5cc(C([2H])([2H])C(C)(C)C)c(C([2H])([2H])[2H])cn5)c4oc23)c(C([2H])([2H])[2H])n1.[2H]C([2H])([2H])c1ccc(-c2[c-]cccc2)nc1.[Ir]. The molecule has 7 rings (SSSR count). The van der Waals surface area contributed by atoms with E-state index in [4.69, 9.17) is 23.6 Å². The molecule has 7 aromatic rings. The molecule has 0 saturated heterocycles. The van der Waals surface area contributed by atoms with Gasteiger partial charge in [0.05, 0.1) is 5.58 Å². The third kappa shape index (κ3) is 6.91. The van der Waals surface area contributed by atoms with Crippen LogP contribution in [0.5, 0.6) is 0 Å². The number of furan rings is 1. The van der Waals surface area contributed by atoms with E-state index in [-0.39, 0.29) is 70.2 Å². The second-order valence-electron chi connectivity index (χ2n) is 11.3. The number of hydrogen-bond acceptors (Lipinski definition) is 4. The molecule has 0 unspecified atom stereocenters. The molecule has 4 aromatic heterocycles. The summed E-state index contributed by atoms with van der Waals surface area (Å²) < 4.78 is 117. The molecule has 4 nitrogen and oxygen atoms in total. The van der Waals surface area contributed by atoms with Crippen molar-refractivity contribution in [3.8, 4) is 22.5 Å². The molecule has 0 atom stereocenters. The van der Waals surface area contributed by atoms with Gasteiger partial charge in [-0.1, -0.05) is 67.6 Å². The largest absolute Gasteiger partial charge is 0.500 e. The van der Waals surface area contributed by atoms with Crippen molar-refractivity contribution in [2.75, 3.05) is 0 Å². The second-order valence-corrected chi connectivity index (χ2v) is 11.3. The Morgan fingerprint density at radius 1 is 0.778 bits per heavy atom. The van der Waals surface area contributed by atoms with Crippen LogP contribution in [0.2, 0.25) is 0 Å². The van der Waals surface area contributed by atoms with Gasteiger partial charge in [0.2, 0.25) is 0 Å². The van der Waals surface area contributed by atoms with Crippen LogP contribution in [0, 0.1) is 45.0 Å². The molecule has 0 saturated carbocycles. The van der Waals surface area contributed by atoms with Crippen molar-refractivity contribution < 1.29 is 43.7 Å². The Bertz CT molecular complexity index is 2620. The summed E-state index contributed by atoms with van der Waals surface area (Å²) in [4.78, 5) is 12.5. The molecule has 4 heterocycles. The van der Waals surface area contributed by atoms with E-state index < -0.39 is 39.2 Å². The number of benzene rings is 3. The maximum absolute atomic E-state index is 8.84. The third-order valence-corrected chi connectivity index (χ3v) is 6.83. The van der Waals surface area contributed by atoms with Crippen LogP contribution in [0.4, 0.5) is 0 Å². The molecule has 5 heteroatoms. The fourth-order valence-corrected chi connectivity index (χ4v) is 4.92. The molecule has 0 aliphatic carbocycles. The van der Waals surface area contributed by atoms with Crippen LogP contribution in [0.1, 0.15) is 68.0 Å². The Kier molecular flexibility index (Phi) is 5.42. The monoisotopic (exact) mass is 782 g/mol. The van der Waals surface area contributed by atoms with E-state index in [1.54, 1.807) is 63.2 Å². The maximum atomic E-state index is 8.84. The van der Waals surface area contributed by atoms with Crippen LogP contribution in [-0.4, -0.2) is 15.0 Å². The fourth-order valence-electron chi connectivity index (χ4n) is 4.92. The molecule has 1 radical (unpaired) electrons. The standard InChI is InChI=1S/C28H27N2O.C12H10N.Ir/c1-16-15-29-25(13-19(16)14-28(4,5)6)23-9-7-8-21-22-11-10-20-18(3)30-17(2)12-24(20)27(22)31-26(21)23;1-10-7-8-12(13-9-10)11-5-3-2-4-6-11;/h7-8,10-13,15H,14H2,1-6H3;2-5,7-9H,1H3;/q2*-1;/i1D3,2D3,3D3,14D2;1D3;. The van der Waals surface area contributed by atoms with Gasteiger partial charge < -0.3 is 14.4 Å². The van der Waals surface area contributed by atoms with Crippen LogP contribution in [0.25, 0.3) is 55.2 Å². The van der Waals surface area contributed by atoms with Gasteiger partial charge in [0.25, 0.3) is 0 Å². The Balaban J connectivity index is 0.000000326. The van der Waals surface area contributed by atoms with Crippen LogP contribution in [0.3, 0.4) is 0 Å². The summed E-state index contributed by atoms with van der Waals surface area (Å²) in [6, 6.07) is 26.2. The molecule has 0 spiro atoms. The molecule has 0 N–H and O–H groups in total. The van der Waals surface area contributed by atoms with Crippen molar-refractivity contribution in [1.82, 2.24) is 15.0 Å². The number of pyridine rings is 3. The first-order chi connectivity index (χ1) is 26.7. The van der Waals surface area contributed by atoms with Crippen molar-refractivity contribution in [2.24, 2.45) is 5.41 Å². The van der Waals surface area contributed by atoms with Crippen LogP contribution in [0.15, 0.2) is 89.6 Å². The van der Waals surface area contributed by atoms with Crippen LogP contribution >= 0.6 is 0 Å². The number of rotatable bonds is 3. The smallest absolute Gasteiger partial charge is 0.128 e. The number of fused-ring (bicyclic) bond motifs is 5. The average molecular weight is 782 g/mol. The van der Waals surface area contributed by atoms with Crippen molar-refractivity contribution in [2.45, 2.75) is 54.6 Å². The summed E-state index contributed by atoms with van der Waals surface area (Å²) in [5, 5.41) is 1.67. The summed E-state index contributed by atoms with van der Waals surface area (Å²) in [5.41, 5.74) is 1.04. The van der Waals surface area contributed by atoms with E-state index in [9.17, 15) is 0 Å². The van der Waals surface area contributed by atoms with E-state index >= 15 is 0 Å². The zero-order valence-electron chi connectivity index (χ0n) is 38.7. The molecule has 229 valence electrons. The van der Waals surface area contributed by atoms with Gasteiger partial charge in [-0.15, -0.1) is 54.1 Å². The van der Waals surface area contributed by atoms with Crippen molar-refractivity contribution in [1.29, 1.82) is 0 Å². The molecule has 0 fully saturated rings. The van der Waals surface area contributed by atoms with E-state index in [1.165, 1.54) is 18.3 Å². The maximum Gasteiger partial charge on any atom is 0.128 e. The summed E-state index contributed by atoms with van der Waals surface area (Å²) in [5.74, 6) is 0. The summed E-state index contributed by atoms with van der Waals surface area (Å²) in [6.45, 7) is -5.00. The Morgan fingerprint density at radius 2 is 1.62 bits per heavy atom. The summed E-state index contributed by atoms with van der Waals surface area (Å²) in [7, 11) is 0. The van der Waals surface area contributed by atoms with Crippen LogP contribution in [-0.2, 0) is 26.5 Å². The van der Waals surface area contributed by atoms with Crippen LogP contribution < -0.4 is 0 Å². The van der Waals surface area contributed by atoms with Crippen molar-refractivity contribution >= 4 is 32.7 Å². The molecule has 0 aliphatic heterocycles. The first kappa shape index (κ1) is 18.7. The van der Waals surface area contributed by atoms with Gasteiger partial charge in [-0.25, -0.2) is 0 Å². The minimum absolute atomic E-state index is 0. The summed E-state index contributed by atoms with van der Waals surface area (Å²) >= 11 is 0. The topological polar surface area (TPSA) is 51.8 Å². The number of nitrogens with zero attached hydrogens (tertiary/aromatic N) is 3. The number of aromatic nitrogens is 3. The molecule has 0 amide bonds. The number of hydrogen-bond donors (Lipinski definition) is 0.